The number of hydrogen-bond donors (Lipinski definition) is 1. The normalized spacial score (nSPS) is 14.6. The van der Waals surface area contributed by atoms with Crippen LogP contribution < -0.4 is 5.73 Å². The first-order chi connectivity index (χ1) is 8.08. The van der Waals surface area contributed by atoms with E-state index in [9.17, 15) is 0 Å². The molecule has 0 fully saturated rings. The van der Waals surface area contributed by atoms with Gasteiger partial charge in [0.15, 0.2) is 0 Å². The molecular formula is C13H16ClN3. The molecule has 2 aromatic rings. The van der Waals surface area contributed by atoms with E-state index in [1.54, 1.807) is 0 Å². The fraction of sp³-hybridized carbons (Fsp3) is 0.308. The number of aryl methyl sites for hydroxylation is 1. The lowest BCUT2D eigenvalue weighted by molar-refractivity contribution is 0.452. The Balaban J connectivity index is 2.39. The van der Waals surface area contributed by atoms with Gasteiger partial charge in [0.1, 0.15) is 0 Å². The van der Waals surface area contributed by atoms with E-state index in [1.807, 2.05) is 55.1 Å². The molecule has 1 aromatic heterocycles. The molecule has 0 aliphatic heterocycles. The molecule has 0 amide bonds. The van der Waals surface area contributed by atoms with Gasteiger partial charge < -0.3 is 5.73 Å². The Morgan fingerprint density at radius 3 is 2.35 bits per heavy atom. The fourth-order valence-electron chi connectivity index (χ4n) is 1.95. The van der Waals surface area contributed by atoms with Gasteiger partial charge in [-0.3, -0.25) is 4.68 Å². The van der Waals surface area contributed by atoms with Crippen LogP contribution in [0.3, 0.4) is 0 Å². The Morgan fingerprint density at radius 1 is 1.24 bits per heavy atom. The number of nitrogens with zero attached hydrogens (tertiary/aromatic N) is 2. The van der Waals surface area contributed by atoms with E-state index in [0.29, 0.717) is 0 Å². The number of halogens is 1. The summed E-state index contributed by atoms with van der Waals surface area (Å²) < 4.78 is 1.91. The second-order valence-electron chi connectivity index (χ2n) is 4.29. The highest BCUT2D eigenvalue weighted by atomic mass is 35.5. The van der Waals surface area contributed by atoms with Crippen molar-refractivity contribution < 1.29 is 0 Å². The van der Waals surface area contributed by atoms with Crippen molar-refractivity contribution in [2.24, 2.45) is 5.73 Å². The van der Waals surface area contributed by atoms with E-state index in [1.165, 1.54) is 0 Å². The third-order valence-corrected chi connectivity index (χ3v) is 2.99. The average molecular weight is 250 g/mol. The predicted molar refractivity (Wildman–Crippen MR) is 70.2 cm³/mol. The molecule has 0 aliphatic carbocycles. The number of rotatable bonds is 3. The van der Waals surface area contributed by atoms with E-state index >= 15 is 0 Å². The largest absolute Gasteiger partial charge is 0.326 e. The maximum absolute atomic E-state index is 6.05. The first-order valence-electron chi connectivity index (χ1n) is 5.61. The second-order valence-corrected chi connectivity index (χ2v) is 4.73. The summed E-state index contributed by atoms with van der Waals surface area (Å²) in [6.07, 6.45) is 1.96. The van der Waals surface area contributed by atoms with Gasteiger partial charge in [0.25, 0.3) is 0 Å². The summed E-state index contributed by atoms with van der Waals surface area (Å²) in [7, 11) is 0. The van der Waals surface area contributed by atoms with Gasteiger partial charge >= 0.3 is 0 Å². The van der Waals surface area contributed by atoms with Crippen LogP contribution in [0.1, 0.15) is 24.2 Å². The lowest BCUT2D eigenvalue weighted by atomic mass is 10.0. The van der Waals surface area contributed by atoms with E-state index in [0.717, 1.165) is 16.3 Å². The maximum Gasteiger partial charge on any atom is 0.0916 e. The highest BCUT2D eigenvalue weighted by Gasteiger charge is 2.18. The minimum atomic E-state index is -0.0181. The Labute approximate surface area is 106 Å². The molecule has 0 spiro atoms. The number of nitrogens with two attached hydrogens (primary N) is 1. The molecule has 0 aliphatic rings. The predicted octanol–water partition coefficient (Wildman–Crippen LogP) is 2.78. The molecule has 1 aromatic carbocycles. The topological polar surface area (TPSA) is 43.8 Å². The molecule has 2 rings (SSSR count). The van der Waals surface area contributed by atoms with Crippen LogP contribution in [0.15, 0.2) is 36.5 Å². The Bertz CT molecular complexity index is 488. The second kappa shape index (κ2) is 4.90. The lowest BCUT2D eigenvalue weighted by Crippen LogP contribution is -2.30. The van der Waals surface area contributed by atoms with Crippen LogP contribution >= 0.6 is 11.6 Å². The number of benzene rings is 1. The van der Waals surface area contributed by atoms with Gasteiger partial charge in [0, 0.05) is 17.3 Å². The van der Waals surface area contributed by atoms with Crippen LogP contribution in [-0.4, -0.2) is 15.8 Å². The molecule has 0 saturated heterocycles. The van der Waals surface area contributed by atoms with Gasteiger partial charge in [-0.15, -0.1) is 0 Å². The van der Waals surface area contributed by atoms with Crippen molar-refractivity contribution in [1.82, 2.24) is 9.78 Å². The Hall–Kier alpha value is -1.32. The van der Waals surface area contributed by atoms with Gasteiger partial charge in [-0.25, -0.2) is 0 Å². The maximum atomic E-state index is 6.05. The lowest BCUT2D eigenvalue weighted by Gasteiger charge is -2.22. The van der Waals surface area contributed by atoms with Crippen LogP contribution in [0.25, 0.3) is 0 Å². The minimum Gasteiger partial charge on any atom is -0.326 e. The van der Waals surface area contributed by atoms with Crippen molar-refractivity contribution in [3.8, 4) is 0 Å². The van der Waals surface area contributed by atoms with Gasteiger partial charge in [0.2, 0.25) is 0 Å². The SMILES string of the molecule is Cc1ccn(C(c2ccc(Cl)cc2)C(C)N)n1. The van der Waals surface area contributed by atoms with E-state index in [-0.39, 0.29) is 12.1 Å². The van der Waals surface area contributed by atoms with Crippen LogP contribution in [0.2, 0.25) is 5.02 Å². The summed E-state index contributed by atoms with van der Waals surface area (Å²) in [5.41, 5.74) is 8.16. The molecule has 2 N–H and O–H groups in total. The molecule has 0 saturated carbocycles. The zero-order valence-electron chi connectivity index (χ0n) is 9.97. The molecule has 4 heteroatoms. The first-order valence-corrected chi connectivity index (χ1v) is 5.98. The van der Waals surface area contributed by atoms with Crippen molar-refractivity contribution in [3.05, 3.63) is 52.8 Å². The van der Waals surface area contributed by atoms with Gasteiger partial charge in [-0.05, 0) is 37.6 Å². The van der Waals surface area contributed by atoms with Gasteiger partial charge in [-0.2, -0.15) is 5.10 Å². The van der Waals surface area contributed by atoms with Crippen molar-refractivity contribution in [2.45, 2.75) is 25.9 Å². The number of aromatic nitrogens is 2. The molecule has 0 bridgehead atoms. The van der Waals surface area contributed by atoms with Crippen molar-refractivity contribution in [3.63, 3.8) is 0 Å². The first kappa shape index (κ1) is 12.1. The standard InChI is InChI=1S/C13H16ClN3/c1-9-7-8-17(16-9)13(10(2)15)11-3-5-12(14)6-4-11/h3-8,10,13H,15H2,1-2H3. The molecule has 0 radical (unpaired) electrons. The highest BCUT2D eigenvalue weighted by molar-refractivity contribution is 6.30. The van der Waals surface area contributed by atoms with Crippen LogP contribution in [-0.2, 0) is 0 Å². The van der Waals surface area contributed by atoms with Gasteiger partial charge in [-0.1, -0.05) is 23.7 Å². The molecule has 17 heavy (non-hydrogen) atoms. The van der Waals surface area contributed by atoms with E-state index < -0.39 is 0 Å². The van der Waals surface area contributed by atoms with E-state index in [4.69, 9.17) is 17.3 Å². The third kappa shape index (κ3) is 2.68. The van der Waals surface area contributed by atoms with E-state index in [2.05, 4.69) is 5.10 Å². The van der Waals surface area contributed by atoms with Crippen LogP contribution in [0.4, 0.5) is 0 Å². The molecule has 3 nitrogen and oxygen atoms in total. The summed E-state index contributed by atoms with van der Waals surface area (Å²) in [5.74, 6) is 0. The van der Waals surface area contributed by atoms with Crippen molar-refractivity contribution >= 4 is 11.6 Å². The summed E-state index contributed by atoms with van der Waals surface area (Å²) in [4.78, 5) is 0. The monoisotopic (exact) mass is 249 g/mol. The molecule has 90 valence electrons. The summed E-state index contributed by atoms with van der Waals surface area (Å²) in [6.45, 7) is 3.95. The number of hydrogen-bond acceptors (Lipinski definition) is 2. The summed E-state index contributed by atoms with van der Waals surface area (Å²) in [5, 5.41) is 5.17. The fourth-order valence-corrected chi connectivity index (χ4v) is 2.07. The molecular weight excluding hydrogens is 234 g/mol. The smallest absolute Gasteiger partial charge is 0.0916 e. The summed E-state index contributed by atoms with van der Waals surface area (Å²) >= 11 is 5.89. The molecule has 1 heterocycles. The average Bonchev–Trinajstić information content (AvgIpc) is 2.68. The van der Waals surface area contributed by atoms with Gasteiger partial charge in [0.05, 0.1) is 11.7 Å². The Morgan fingerprint density at radius 2 is 1.88 bits per heavy atom. The Kier molecular flexibility index (Phi) is 3.50. The molecule has 2 unspecified atom stereocenters. The van der Waals surface area contributed by atoms with Crippen LogP contribution in [0, 0.1) is 6.92 Å². The zero-order chi connectivity index (χ0) is 12.4. The molecule has 2 atom stereocenters. The minimum absolute atomic E-state index is 0.0181. The van der Waals surface area contributed by atoms with Crippen LogP contribution in [0.5, 0.6) is 0 Å². The van der Waals surface area contributed by atoms with Crippen molar-refractivity contribution in [2.75, 3.05) is 0 Å². The third-order valence-electron chi connectivity index (χ3n) is 2.74. The summed E-state index contributed by atoms with van der Waals surface area (Å²) in [6, 6.07) is 9.74. The zero-order valence-corrected chi connectivity index (χ0v) is 10.7. The highest BCUT2D eigenvalue weighted by Crippen LogP contribution is 2.22. The quantitative estimate of drug-likeness (QED) is 0.909. The van der Waals surface area contributed by atoms with Crippen molar-refractivity contribution in [1.29, 1.82) is 0 Å².